The topological polar surface area (TPSA) is 58.5 Å². The molecule has 1 fully saturated rings. The standard InChI is InChI=1S/C21H29FN4OS/c1-4-20-26-17(13-28-20)11-24-21(23-5-2)25-14(3)16-8-9-19(18(22)10-16)27-12-15-6-7-15/h8-10,13-15H,4-7,11-12H2,1-3H3,(H2,23,24,25). The Morgan fingerprint density at radius 3 is 2.86 bits per heavy atom. The smallest absolute Gasteiger partial charge is 0.192 e. The van der Waals surface area contributed by atoms with Crippen LogP contribution >= 0.6 is 11.3 Å². The summed E-state index contributed by atoms with van der Waals surface area (Å²) < 4.78 is 19.9. The molecule has 2 N–H and O–H groups in total. The van der Waals surface area contributed by atoms with Gasteiger partial charge in [0.1, 0.15) is 0 Å². The first kappa shape index (κ1) is 20.6. The van der Waals surface area contributed by atoms with Crippen molar-refractivity contribution in [2.24, 2.45) is 10.9 Å². The third-order valence-electron chi connectivity index (χ3n) is 4.63. The molecule has 1 saturated carbocycles. The van der Waals surface area contributed by atoms with E-state index in [4.69, 9.17) is 4.74 Å². The molecule has 3 rings (SSSR count). The van der Waals surface area contributed by atoms with Crippen molar-refractivity contribution in [2.45, 2.75) is 52.6 Å². The Morgan fingerprint density at radius 1 is 1.39 bits per heavy atom. The third kappa shape index (κ3) is 5.92. The molecule has 0 bridgehead atoms. The van der Waals surface area contributed by atoms with Crippen LogP contribution in [0.1, 0.15) is 55.9 Å². The lowest BCUT2D eigenvalue weighted by atomic mass is 10.1. The van der Waals surface area contributed by atoms with Gasteiger partial charge in [-0.05, 0) is 56.7 Å². The van der Waals surface area contributed by atoms with E-state index in [0.29, 0.717) is 30.8 Å². The van der Waals surface area contributed by atoms with Crippen LogP contribution in [0.15, 0.2) is 28.6 Å². The van der Waals surface area contributed by atoms with Gasteiger partial charge in [-0.2, -0.15) is 0 Å². The van der Waals surface area contributed by atoms with Crippen molar-refractivity contribution in [3.8, 4) is 5.75 Å². The summed E-state index contributed by atoms with van der Waals surface area (Å²) in [7, 11) is 0. The SMILES string of the molecule is CCNC(=NCc1csc(CC)n1)NC(C)c1ccc(OCC2CC2)c(F)c1. The van der Waals surface area contributed by atoms with Crippen molar-refractivity contribution in [1.82, 2.24) is 15.6 Å². The van der Waals surface area contributed by atoms with Crippen LogP contribution in [-0.4, -0.2) is 24.1 Å². The Balaban J connectivity index is 1.61. The highest BCUT2D eigenvalue weighted by atomic mass is 32.1. The highest BCUT2D eigenvalue weighted by Crippen LogP contribution is 2.30. The van der Waals surface area contributed by atoms with E-state index in [2.05, 4.69) is 27.5 Å². The van der Waals surface area contributed by atoms with E-state index in [1.165, 1.54) is 18.9 Å². The molecule has 0 radical (unpaired) electrons. The number of hydrogen-bond donors (Lipinski definition) is 2. The van der Waals surface area contributed by atoms with E-state index in [9.17, 15) is 4.39 Å². The number of ether oxygens (including phenoxy) is 1. The van der Waals surface area contributed by atoms with Crippen LogP contribution in [0.5, 0.6) is 5.75 Å². The van der Waals surface area contributed by atoms with Gasteiger partial charge >= 0.3 is 0 Å². The summed E-state index contributed by atoms with van der Waals surface area (Å²) in [4.78, 5) is 9.16. The first-order valence-electron chi connectivity index (χ1n) is 9.99. The molecule has 1 atom stereocenters. The maximum absolute atomic E-state index is 14.4. The highest BCUT2D eigenvalue weighted by Gasteiger charge is 2.22. The zero-order valence-electron chi connectivity index (χ0n) is 16.8. The molecule has 152 valence electrons. The van der Waals surface area contributed by atoms with Crippen molar-refractivity contribution >= 4 is 17.3 Å². The number of guanidine groups is 1. The monoisotopic (exact) mass is 404 g/mol. The van der Waals surface area contributed by atoms with Gasteiger partial charge in [-0.15, -0.1) is 11.3 Å². The zero-order valence-corrected chi connectivity index (χ0v) is 17.6. The second-order valence-electron chi connectivity index (χ2n) is 7.09. The Bertz CT molecular complexity index is 803. The summed E-state index contributed by atoms with van der Waals surface area (Å²) in [6.07, 6.45) is 3.32. The third-order valence-corrected chi connectivity index (χ3v) is 5.67. The highest BCUT2D eigenvalue weighted by molar-refractivity contribution is 7.09. The number of hydrogen-bond acceptors (Lipinski definition) is 4. The number of thiazole rings is 1. The number of nitrogens with zero attached hydrogens (tertiary/aromatic N) is 2. The van der Waals surface area contributed by atoms with Gasteiger partial charge in [-0.1, -0.05) is 13.0 Å². The molecular formula is C21H29FN4OS. The van der Waals surface area contributed by atoms with Gasteiger partial charge in [0.05, 0.1) is 29.9 Å². The summed E-state index contributed by atoms with van der Waals surface area (Å²) in [5.74, 6) is 1.31. The Morgan fingerprint density at radius 2 is 2.21 bits per heavy atom. The van der Waals surface area contributed by atoms with Gasteiger partial charge in [0.15, 0.2) is 17.5 Å². The minimum atomic E-state index is -0.316. The number of benzene rings is 1. The van der Waals surface area contributed by atoms with Gasteiger partial charge in [0.25, 0.3) is 0 Å². The molecule has 1 aromatic carbocycles. The van der Waals surface area contributed by atoms with E-state index in [0.717, 1.165) is 29.2 Å². The van der Waals surface area contributed by atoms with Crippen LogP contribution < -0.4 is 15.4 Å². The molecule has 0 aliphatic heterocycles. The number of rotatable bonds is 9. The molecule has 5 nitrogen and oxygen atoms in total. The Labute approximate surface area is 170 Å². The van der Waals surface area contributed by atoms with Crippen LogP contribution in [-0.2, 0) is 13.0 Å². The number of aromatic nitrogens is 1. The summed E-state index contributed by atoms with van der Waals surface area (Å²) in [6.45, 7) is 7.98. The fourth-order valence-corrected chi connectivity index (χ4v) is 3.48. The second kappa shape index (κ2) is 9.87. The summed E-state index contributed by atoms with van der Waals surface area (Å²) in [5.41, 5.74) is 1.82. The summed E-state index contributed by atoms with van der Waals surface area (Å²) in [5, 5.41) is 9.74. The average Bonchev–Trinajstić information content (AvgIpc) is 3.41. The van der Waals surface area contributed by atoms with E-state index in [1.54, 1.807) is 17.4 Å². The number of aryl methyl sites for hydroxylation is 1. The lowest BCUT2D eigenvalue weighted by molar-refractivity contribution is 0.285. The van der Waals surface area contributed by atoms with Crippen molar-refractivity contribution < 1.29 is 9.13 Å². The van der Waals surface area contributed by atoms with E-state index in [-0.39, 0.29) is 11.9 Å². The Kier molecular flexibility index (Phi) is 7.25. The second-order valence-corrected chi connectivity index (χ2v) is 8.03. The summed E-state index contributed by atoms with van der Waals surface area (Å²) in [6, 6.07) is 5.07. The van der Waals surface area contributed by atoms with Crippen molar-refractivity contribution in [3.05, 3.63) is 45.7 Å². The number of halogens is 1. The normalized spacial score (nSPS) is 15.4. The van der Waals surface area contributed by atoms with E-state index < -0.39 is 0 Å². The molecule has 1 aliphatic rings. The molecule has 0 spiro atoms. The predicted octanol–water partition coefficient (Wildman–Crippen LogP) is 4.45. The van der Waals surface area contributed by atoms with Crippen molar-refractivity contribution in [2.75, 3.05) is 13.2 Å². The van der Waals surface area contributed by atoms with Crippen LogP contribution in [0.4, 0.5) is 4.39 Å². The average molecular weight is 405 g/mol. The maximum Gasteiger partial charge on any atom is 0.192 e. The lowest BCUT2D eigenvalue weighted by Crippen LogP contribution is -2.38. The van der Waals surface area contributed by atoms with Crippen LogP contribution in [0.3, 0.4) is 0 Å². The largest absolute Gasteiger partial charge is 0.490 e. The molecule has 0 saturated heterocycles. The minimum Gasteiger partial charge on any atom is -0.490 e. The molecule has 0 amide bonds. The lowest BCUT2D eigenvalue weighted by Gasteiger charge is -2.19. The molecule has 1 aromatic heterocycles. The van der Waals surface area contributed by atoms with Crippen LogP contribution in [0, 0.1) is 11.7 Å². The number of nitrogens with one attached hydrogen (secondary N) is 2. The summed E-state index contributed by atoms with van der Waals surface area (Å²) >= 11 is 1.66. The van der Waals surface area contributed by atoms with E-state index in [1.807, 2.05) is 25.3 Å². The van der Waals surface area contributed by atoms with Gasteiger partial charge in [-0.3, -0.25) is 0 Å². The molecule has 1 heterocycles. The predicted molar refractivity (Wildman–Crippen MR) is 112 cm³/mol. The van der Waals surface area contributed by atoms with Gasteiger partial charge in [-0.25, -0.2) is 14.4 Å². The zero-order chi connectivity index (χ0) is 19.9. The molecule has 1 aliphatic carbocycles. The van der Waals surface area contributed by atoms with Gasteiger partial charge < -0.3 is 15.4 Å². The minimum absolute atomic E-state index is 0.0913. The van der Waals surface area contributed by atoms with Crippen LogP contribution in [0.2, 0.25) is 0 Å². The molecule has 1 unspecified atom stereocenters. The van der Waals surface area contributed by atoms with Gasteiger partial charge in [0, 0.05) is 11.9 Å². The molecular weight excluding hydrogens is 375 g/mol. The fraction of sp³-hybridized carbons (Fsp3) is 0.524. The maximum atomic E-state index is 14.4. The fourth-order valence-electron chi connectivity index (χ4n) is 2.75. The van der Waals surface area contributed by atoms with Crippen LogP contribution in [0.25, 0.3) is 0 Å². The molecule has 7 heteroatoms. The first-order chi connectivity index (χ1) is 13.6. The van der Waals surface area contributed by atoms with Crippen molar-refractivity contribution in [1.29, 1.82) is 0 Å². The molecule has 28 heavy (non-hydrogen) atoms. The van der Waals surface area contributed by atoms with Crippen molar-refractivity contribution in [3.63, 3.8) is 0 Å². The quantitative estimate of drug-likeness (QED) is 0.479. The van der Waals surface area contributed by atoms with E-state index >= 15 is 0 Å². The van der Waals surface area contributed by atoms with Gasteiger partial charge in [0.2, 0.25) is 0 Å². The Hall–Kier alpha value is -2.15. The number of aliphatic imine (C=N–C) groups is 1. The first-order valence-corrected chi connectivity index (χ1v) is 10.9. The molecule has 2 aromatic rings.